The molecule has 0 nitrogen and oxygen atoms in total. The molecule has 0 aromatic rings. The second-order valence-electron chi connectivity index (χ2n) is 3.24. The molecule has 0 bridgehead atoms. The molecule has 3 heterocycles. The largest absolute Gasteiger partial charge is 0.117 e. The van der Waals surface area contributed by atoms with Crippen molar-refractivity contribution >= 4 is 92.4 Å². The van der Waals surface area contributed by atoms with E-state index >= 15 is 0 Å². The first-order chi connectivity index (χ1) is 8.81. The lowest BCUT2D eigenvalue weighted by molar-refractivity contribution is 1.41. The van der Waals surface area contributed by atoms with Crippen LogP contribution in [0.4, 0.5) is 0 Å². The Bertz CT molecular complexity index is 550. The SMILES string of the molecule is CSc1sc2sc3c(sc=2sc1SC)SCCS3. The van der Waals surface area contributed by atoms with E-state index in [0.717, 1.165) is 0 Å². The molecule has 0 saturated heterocycles. The summed E-state index contributed by atoms with van der Waals surface area (Å²) in [5, 5.41) is 0. The Hall–Kier alpha value is 1.50. The van der Waals surface area contributed by atoms with Crippen molar-refractivity contribution in [1.82, 2.24) is 0 Å². The molecule has 98 valence electrons. The van der Waals surface area contributed by atoms with Gasteiger partial charge in [-0.2, -0.15) is 0 Å². The molecule has 0 aromatic heterocycles. The van der Waals surface area contributed by atoms with Gasteiger partial charge in [0.25, 0.3) is 0 Å². The molecule has 3 aliphatic rings. The van der Waals surface area contributed by atoms with E-state index in [2.05, 4.69) is 12.5 Å². The van der Waals surface area contributed by atoms with Crippen molar-refractivity contribution in [3.63, 3.8) is 0 Å². The van der Waals surface area contributed by atoms with Crippen molar-refractivity contribution in [1.29, 1.82) is 0 Å². The van der Waals surface area contributed by atoms with Crippen LogP contribution in [0.25, 0.3) is 0 Å². The van der Waals surface area contributed by atoms with Crippen molar-refractivity contribution in [2.75, 3.05) is 24.0 Å². The van der Waals surface area contributed by atoms with Crippen LogP contribution in [0.5, 0.6) is 0 Å². The van der Waals surface area contributed by atoms with Crippen LogP contribution in [0.15, 0.2) is 16.8 Å². The van der Waals surface area contributed by atoms with Gasteiger partial charge < -0.3 is 0 Å². The Morgan fingerprint density at radius 3 is 1.56 bits per heavy atom. The molecule has 0 fully saturated rings. The van der Waals surface area contributed by atoms with E-state index in [0.29, 0.717) is 0 Å². The predicted octanol–water partition coefficient (Wildman–Crippen LogP) is 6.42. The Labute approximate surface area is 139 Å². The maximum absolute atomic E-state index is 2.18. The van der Waals surface area contributed by atoms with Crippen LogP contribution in [-0.2, 0) is 0 Å². The van der Waals surface area contributed by atoms with Gasteiger partial charge in [0.1, 0.15) is 7.69 Å². The smallest absolute Gasteiger partial charge is 0.109 e. The summed E-state index contributed by atoms with van der Waals surface area (Å²) < 4.78 is 9.02. The fourth-order valence-corrected chi connectivity index (χ4v) is 12.7. The van der Waals surface area contributed by atoms with E-state index in [1.54, 1.807) is 0 Å². The predicted molar refractivity (Wildman–Crippen MR) is 95.9 cm³/mol. The van der Waals surface area contributed by atoms with Gasteiger partial charge in [-0.3, -0.25) is 0 Å². The number of fused-ring (bicyclic) bond motifs is 1. The maximum atomic E-state index is 2.18. The summed E-state index contributed by atoms with van der Waals surface area (Å²) in [5.41, 5.74) is 0. The molecule has 18 heavy (non-hydrogen) atoms. The molecule has 0 spiro atoms. The minimum Gasteiger partial charge on any atom is -0.117 e. The van der Waals surface area contributed by atoms with Gasteiger partial charge in [0, 0.05) is 11.5 Å². The number of thioether (sulfide) groups is 4. The summed E-state index contributed by atoms with van der Waals surface area (Å²) in [5.74, 6) is 2.53. The van der Waals surface area contributed by atoms with Crippen LogP contribution >= 0.6 is 92.4 Å². The normalized spacial score (nSPS) is 14.8. The standard InChI is InChI=1S/C10H10S8/c1-11-5-6(12-2)16-10-9(15-5)17-7-8(18-10)14-4-3-13-7/h3-4H2,1-2H3. The van der Waals surface area contributed by atoms with E-state index in [1.807, 2.05) is 92.4 Å². The highest BCUT2D eigenvalue weighted by atomic mass is 32.2. The number of rotatable bonds is 2. The van der Waals surface area contributed by atoms with Crippen molar-refractivity contribution in [2.24, 2.45) is 0 Å². The third-order valence-corrected chi connectivity index (χ3v) is 13.7. The van der Waals surface area contributed by atoms with Gasteiger partial charge in [0.05, 0.1) is 16.8 Å². The van der Waals surface area contributed by atoms with Crippen LogP contribution < -0.4 is 0 Å². The molecule has 3 aliphatic heterocycles. The van der Waals surface area contributed by atoms with Crippen molar-refractivity contribution in [3.05, 3.63) is 7.69 Å². The molecule has 0 radical (unpaired) electrons. The molecule has 0 saturated carbocycles. The molecule has 3 rings (SSSR count). The van der Waals surface area contributed by atoms with Crippen LogP contribution in [0.3, 0.4) is 0 Å². The molecule has 0 unspecified atom stereocenters. The van der Waals surface area contributed by atoms with Crippen molar-refractivity contribution in [3.8, 4) is 0 Å². The Morgan fingerprint density at radius 2 is 1.17 bits per heavy atom. The molecular weight excluding hydrogens is 377 g/mol. The highest BCUT2D eigenvalue weighted by Crippen LogP contribution is 2.46. The highest BCUT2D eigenvalue weighted by Gasteiger charge is 2.14. The van der Waals surface area contributed by atoms with Gasteiger partial charge in [-0.1, -0.05) is 0 Å². The van der Waals surface area contributed by atoms with Crippen molar-refractivity contribution in [2.45, 2.75) is 16.8 Å². The number of hydrogen-bond acceptors (Lipinski definition) is 8. The highest BCUT2D eigenvalue weighted by molar-refractivity contribution is 8.08. The minimum atomic E-state index is 1.26. The molecule has 0 atom stereocenters. The van der Waals surface area contributed by atoms with Gasteiger partial charge in [0.15, 0.2) is 0 Å². The van der Waals surface area contributed by atoms with Gasteiger partial charge in [-0.15, -0.1) is 92.4 Å². The zero-order valence-electron chi connectivity index (χ0n) is 9.68. The average Bonchev–Trinajstić information content (AvgIpc) is 2.43. The first kappa shape index (κ1) is 14.4. The molecule has 0 aromatic carbocycles. The third kappa shape index (κ3) is 2.90. The Morgan fingerprint density at radius 1 is 0.722 bits per heavy atom. The van der Waals surface area contributed by atoms with E-state index in [9.17, 15) is 0 Å². The Kier molecular flexibility index (Phi) is 5.22. The zero-order chi connectivity index (χ0) is 12.5. The van der Waals surface area contributed by atoms with Crippen LogP contribution in [0, 0.1) is 7.69 Å². The zero-order valence-corrected chi connectivity index (χ0v) is 16.2. The van der Waals surface area contributed by atoms with E-state index < -0.39 is 0 Å². The van der Waals surface area contributed by atoms with Gasteiger partial charge >= 0.3 is 0 Å². The molecule has 0 aliphatic carbocycles. The lowest BCUT2D eigenvalue weighted by Gasteiger charge is -2.13. The summed E-state index contributed by atoms with van der Waals surface area (Å²) in [6, 6.07) is 0. The average molecular weight is 387 g/mol. The fourth-order valence-electron chi connectivity index (χ4n) is 1.41. The van der Waals surface area contributed by atoms with Gasteiger partial charge in [-0.25, -0.2) is 0 Å². The summed E-state index contributed by atoms with van der Waals surface area (Å²) >= 11 is 15.8. The summed E-state index contributed by atoms with van der Waals surface area (Å²) in [4.78, 5) is 0. The molecule has 0 N–H and O–H groups in total. The monoisotopic (exact) mass is 386 g/mol. The summed E-state index contributed by atoms with van der Waals surface area (Å²) in [6.45, 7) is 0. The number of hydrogen-bond donors (Lipinski definition) is 0. The van der Waals surface area contributed by atoms with Crippen LogP contribution in [-0.4, -0.2) is 24.0 Å². The minimum absolute atomic E-state index is 1.26. The Balaban J connectivity index is 2.26. The molecule has 8 heteroatoms. The van der Waals surface area contributed by atoms with Crippen LogP contribution in [0.1, 0.15) is 0 Å². The summed E-state index contributed by atoms with van der Waals surface area (Å²) in [6.07, 6.45) is 4.36. The van der Waals surface area contributed by atoms with E-state index in [1.165, 1.54) is 36.0 Å². The third-order valence-electron chi connectivity index (χ3n) is 2.16. The van der Waals surface area contributed by atoms with Gasteiger partial charge in [-0.05, 0) is 12.5 Å². The van der Waals surface area contributed by atoms with Crippen molar-refractivity contribution < 1.29 is 0 Å². The topological polar surface area (TPSA) is 0 Å². The quantitative estimate of drug-likeness (QED) is 0.546. The second-order valence-corrected chi connectivity index (χ2v) is 12.7. The first-order valence-electron chi connectivity index (χ1n) is 5.09. The van der Waals surface area contributed by atoms with E-state index in [-0.39, 0.29) is 0 Å². The molecular formula is C10H10S8. The van der Waals surface area contributed by atoms with Crippen LogP contribution in [0.2, 0.25) is 0 Å². The van der Waals surface area contributed by atoms with Gasteiger partial charge in [0.2, 0.25) is 0 Å². The lowest BCUT2D eigenvalue weighted by Crippen LogP contribution is -1.90. The van der Waals surface area contributed by atoms with E-state index in [4.69, 9.17) is 0 Å². The lowest BCUT2D eigenvalue weighted by atomic mass is 10.9. The second kappa shape index (κ2) is 6.51. The molecule has 0 amide bonds. The maximum Gasteiger partial charge on any atom is 0.109 e. The first-order valence-corrected chi connectivity index (χ1v) is 12.8. The summed E-state index contributed by atoms with van der Waals surface area (Å²) in [7, 11) is 0. The fraction of sp³-hybridized carbons (Fsp3) is 0.400.